The average Bonchev–Trinajstić information content (AvgIpc) is 3.39. The van der Waals surface area contributed by atoms with E-state index in [0.29, 0.717) is 5.92 Å². The van der Waals surface area contributed by atoms with Crippen molar-refractivity contribution in [1.29, 1.82) is 0 Å². The lowest BCUT2D eigenvalue weighted by Gasteiger charge is -2.26. The number of carbonyl (C=O) groups is 1. The van der Waals surface area contributed by atoms with E-state index in [1.807, 2.05) is 30.0 Å². The predicted octanol–water partition coefficient (Wildman–Crippen LogP) is 3.24. The summed E-state index contributed by atoms with van der Waals surface area (Å²) in [5.41, 5.74) is 2.28. The minimum atomic E-state index is 0.269. The maximum absolute atomic E-state index is 11.8. The summed E-state index contributed by atoms with van der Waals surface area (Å²) in [5, 5.41) is 0. The van der Waals surface area contributed by atoms with Crippen LogP contribution in [-0.4, -0.2) is 42.4 Å². The van der Waals surface area contributed by atoms with Crippen molar-refractivity contribution >= 4 is 23.6 Å². The molecular formula is C18H23NO2S. The normalized spacial score (nSPS) is 19.5. The van der Waals surface area contributed by atoms with Crippen molar-refractivity contribution in [1.82, 2.24) is 4.90 Å². The van der Waals surface area contributed by atoms with Gasteiger partial charge in [0.15, 0.2) is 5.78 Å². The van der Waals surface area contributed by atoms with E-state index in [4.69, 9.17) is 4.74 Å². The molecule has 2 aliphatic rings. The fraction of sp³-hybridized carbons (Fsp3) is 0.500. The van der Waals surface area contributed by atoms with Gasteiger partial charge in [-0.2, -0.15) is 11.8 Å². The molecule has 2 fully saturated rings. The smallest absolute Gasteiger partial charge is 0.158 e. The van der Waals surface area contributed by atoms with Crippen molar-refractivity contribution in [2.75, 3.05) is 31.7 Å². The first kappa shape index (κ1) is 15.6. The molecule has 22 heavy (non-hydrogen) atoms. The zero-order chi connectivity index (χ0) is 15.4. The third-order valence-electron chi connectivity index (χ3n) is 4.22. The summed E-state index contributed by atoms with van der Waals surface area (Å²) in [5.74, 6) is 3.91. The van der Waals surface area contributed by atoms with E-state index in [2.05, 4.69) is 11.0 Å². The van der Waals surface area contributed by atoms with Crippen LogP contribution in [0, 0.1) is 5.92 Å². The quantitative estimate of drug-likeness (QED) is 0.753. The van der Waals surface area contributed by atoms with Crippen LogP contribution in [-0.2, 0) is 11.3 Å². The number of allylic oxidation sites excluding steroid dienone is 1. The molecule has 0 N–H and O–H groups in total. The number of hydrogen-bond acceptors (Lipinski definition) is 4. The van der Waals surface area contributed by atoms with Gasteiger partial charge < -0.3 is 4.74 Å². The zero-order valence-corrected chi connectivity index (χ0v) is 13.9. The Kier molecular flexibility index (Phi) is 5.21. The molecule has 4 heteroatoms. The van der Waals surface area contributed by atoms with Gasteiger partial charge in [-0.3, -0.25) is 9.69 Å². The molecule has 118 valence electrons. The Morgan fingerprint density at radius 3 is 2.82 bits per heavy atom. The molecule has 1 saturated carbocycles. The maximum atomic E-state index is 11.8. The molecule has 0 spiro atoms. The minimum Gasteiger partial charge on any atom is -0.496 e. The van der Waals surface area contributed by atoms with Crippen molar-refractivity contribution < 1.29 is 9.53 Å². The topological polar surface area (TPSA) is 29.5 Å². The average molecular weight is 317 g/mol. The highest BCUT2D eigenvalue weighted by molar-refractivity contribution is 7.99. The number of hydrogen-bond donors (Lipinski definition) is 0. The highest BCUT2D eigenvalue weighted by Crippen LogP contribution is 2.30. The van der Waals surface area contributed by atoms with Crippen molar-refractivity contribution in [2.45, 2.75) is 19.4 Å². The van der Waals surface area contributed by atoms with Gasteiger partial charge in [0.2, 0.25) is 0 Å². The lowest BCUT2D eigenvalue weighted by Crippen LogP contribution is -2.32. The van der Waals surface area contributed by atoms with Gasteiger partial charge in [-0.05, 0) is 36.6 Å². The molecule has 1 aliphatic heterocycles. The molecule has 0 unspecified atom stereocenters. The molecular weight excluding hydrogens is 294 g/mol. The van der Waals surface area contributed by atoms with Gasteiger partial charge in [-0.25, -0.2) is 0 Å². The van der Waals surface area contributed by atoms with Crippen molar-refractivity contribution in [3.8, 4) is 5.75 Å². The van der Waals surface area contributed by atoms with Crippen LogP contribution in [0.3, 0.4) is 0 Å². The first-order valence-corrected chi connectivity index (χ1v) is 9.10. The minimum absolute atomic E-state index is 0.269. The van der Waals surface area contributed by atoms with Crippen LogP contribution >= 0.6 is 11.8 Å². The fourth-order valence-electron chi connectivity index (χ4n) is 2.71. The molecule has 0 bridgehead atoms. The Bertz CT molecular complexity index is 560. The summed E-state index contributed by atoms with van der Waals surface area (Å²) in [4.78, 5) is 14.3. The van der Waals surface area contributed by atoms with Crippen LogP contribution in [0.5, 0.6) is 5.75 Å². The first-order chi connectivity index (χ1) is 10.8. The third kappa shape index (κ3) is 4.14. The molecule has 1 saturated heterocycles. The molecule has 3 nitrogen and oxygen atoms in total. The second-order valence-corrected chi connectivity index (χ2v) is 7.19. The Hall–Kier alpha value is -1.26. The molecule has 0 amide bonds. The number of ketones is 1. The van der Waals surface area contributed by atoms with Crippen molar-refractivity contribution in [3.05, 3.63) is 35.4 Å². The SMILES string of the molecule is COc1ccc(/C=C/C(=O)C2CC2)cc1CN1CCSCC1. The van der Waals surface area contributed by atoms with Crippen LogP contribution in [0.1, 0.15) is 24.0 Å². The zero-order valence-electron chi connectivity index (χ0n) is 13.1. The van der Waals surface area contributed by atoms with E-state index in [9.17, 15) is 4.79 Å². The fourth-order valence-corrected chi connectivity index (χ4v) is 3.69. The number of rotatable bonds is 6. The highest BCUT2D eigenvalue weighted by atomic mass is 32.2. The summed E-state index contributed by atoms with van der Waals surface area (Å²) in [6, 6.07) is 6.18. The van der Waals surface area contributed by atoms with Gasteiger partial charge in [-0.15, -0.1) is 0 Å². The summed E-state index contributed by atoms with van der Waals surface area (Å²) in [7, 11) is 1.72. The number of thioether (sulfide) groups is 1. The summed E-state index contributed by atoms with van der Waals surface area (Å²) >= 11 is 2.02. The largest absolute Gasteiger partial charge is 0.496 e. The van der Waals surface area contributed by atoms with Gasteiger partial charge in [0.1, 0.15) is 5.75 Å². The predicted molar refractivity (Wildman–Crippen MR) is 92.4 cm³/mol. The van der Waals surface area contributed by atoms with Gasteiger partial charge in [0, 0.05) is 42.6 Å². The molecule has 1 aromatic carbocycles. The lowest BCUT2D eigenvalue weighted by molar-refractivity contribution is -0.115. The molecule has 1 aliphatic carbocycles. The van der Waals surface area contributed by atoms with Crippen LogP contribution in [0.25, 0.3) is 6.08 Å². The van der Waals surface area contributed by atoms with Crippen molar-refractivity contribution in [2.24, 2.45) is 5.92 Å². The molecule has 0 atom stereocenters. The van der Waals surface area contributed by atoms with Gasteiger partial charge in [-0.1, -0.05) is 12.1 Å². The second-order valence-electron chi connectivity index (χ2n) is 5.97. The molecule has 3 rings (SSSR count). The standard InChI is InChI=1S/C18H23NO2S/c1-21-18-7-3-14(2-6-17(20)15-4-5-15)12-16(18)13-19-8-10-22-11-9-19/h2-3,6-7,12,15H,4-5,8-11,13H2,1H3/b6-2+. The Balaban J connectivity index is 1.71. The number of benzene rings is 1. The number of nitrogens with zero attached hydrogens (tertiary/aromatic N) is 1. The van der Waals surface area contributed by atoms with E-state index in [1.54, 1.807) is 13.2 Å². The summed E-state index contributed by atoms with van der Waals surface area (Å²) in [6.45, 7) is 3.18. The molecule has 1 heterocycles. The molecule has 1 aromatic rings. The van der Waals surface area contributed by atoms with Gasteiger partial charge in [0.25, 0.3) is 0 Å². The molecule has 0 aromatic heterocycles. The highest BCUT2D eigenvalue weighted by Gasteiger charge is 2.27. The van der Waals surface area contributed by atoms with E-state index >= 15 is 0 Å². The third-order valence-corrected chi connectivity index (χ3v) is 5.16. The Labute approximate surface area is 136 Å². The van der Waals surface area contributed by atoms with Crippen LogP contribution in [0.2, 0.25) is 0 Å². The van der Waals surface area contributed by atoms with E-state index in [1.165, 1.54) is 17.1 Å². The summed E-state index contributed by atoms with van der Waals surface area (Å²) < 4.78 is 5.49. The first-order valence-electron chi connectivity index (χ1n) is 7.95. The van der Waals surface area contributed by atoms with Gasteiger partial charge in [0.05, 0.1) is 7.11 Å². The maximum Gasteiger partial charge on any atom is 0.158 e. The second kappa shape index (κ2) is 7.34. The number of methoxy groups -OCH3 is 1. The van der Waals surface area contributed by atoms with Crippen LogP contribution in [0.15, 0.2) is 24.3 Å². The Morgan fingerprint density at radius 1 is 1.36 bits per heavy atom. The van der Waals surface area contributed by atoms with Crippen molar-refractivity contribution in [3.63, 3.8) is 0 Å². The number of ether oxygens (including phenoxy) is 1. The Morgan fingerprint density at radius 2 is 2.14 bits per heavy atom. The van der Waals surface area contributed by atoms with Gasteiger partial charge >= 0.3 is 0 Å². The van der Waals surface area contributed by atoms with Crippen LogP contribution in [0.4, 0.5) is 0 Å². The summed E-state index contributed by atoms with van der Waals surface area (Å²) in [6.07, 6.45) is 5.80. The number of carbonyl (C=O) groups excluding carboxylic acids is 1. The van der Waals surface area contributed by atoms with E-state index < -0.39 is 0 Å². The van der Waals surface area contributed by atoms with E-state index in [0.717, 1.165) is 43.8 Å². The monoisotopic (exact) mass is 317 g/mol. The van der Waals surface area contributed by atoms with E-state index in [-0.39, 0.29) is 5.78 Å². The lowest BCUT2D eigenvalue weighted by atomic mass is 10.1. The molecule has 0 radical (unpaired) electrons. The van der Waals surface area contributed by atoms with Crippen LogP contribution < -0.4 is 4.74 Å².